The molecule has 0 saturated heterocycles. The molecule has 1 heterocycles. The van der Waals surface area contributed by atoms with Crippen LogP contribution in [0.25, 0.3) is 0 Å². The van der Waals surface area contributed by atoms with Crippen molar-refractivity contribution in [2.45, 2.75) is 47.6 Å². The predicted molar refractivity (Wildman–Crippen MR) is 90.0 cm³/mol. The number of hydrogen-bond acceptors (Lipinski definition) is 2. The van der Waals surface area contributed by atoms with Gasteiger partial charge in [-0.25, -0.2) is 0 Å². The molecule has 0 aliphatic carbocycles. The number of carbonyl (C=O) groups excluding carboxylic acids is 1. The molecule has 0 aliphatic rings. The first kappa shape index (κ1) is 16.3. The summed E-state index contributed by atoms with van der Waals surface area (Å²) in [5.41, 5.74) is 5.15. The van der Waals surface area contributed by atoms with Gasteiger partial charge in [-0.05, 0) is 64.8 Å². The fraction of sp³-hybridized carbons (Fsp3) is 0.421. The van der Waals surface area contributed by atoms with E-state index >= 15 is 0 Å². The smallest absolute Gasteiger partial charge is 0.202 e. The van der Waals surface area contributed by atoms with Crippen LogP contribution in [-0.4, -0.2) is 17.0 Å². The molecule has 0 spiro atoms. The fourth-order valence-electron chi connectivity index (χ4n) is 2.96. The number of ether oxygens (including phenoxy) is 1. The Morgan fingerprint density at radius 3 is 2.45 bits per heavy atom. The average molecular weight is 299 g/mol. The van der Waals surface area contributed by atoms with Crippen molar-refractivity contribution in [1.82, 2.24) is 4.57 Å². The summed E-state index contributed by atoms with van der Waals surface area (Å²) in [4.78, 5) is 12.5. The Bertz CT molecular complexity index is 696. The zero-order valence-corrected chi connectivity index (χ0v) is 14.4. The Kier molecular flexibility index (Phi) is 4.74. The molecule has 2 rings (SSSR count). The van der Waals surface area contributed by atoms with E-state index in [-0.39, 0.29) is 12.4 Å². The Hall–Kier alpha value is -2.03. The van der Waals surface area contributed by atoms with Gasteiger partial charge in [0.25, 0.3) is 0 Å². The van der Waals surface area contributed by atoms with Crippen LogP contribution >= 0.6 is 0 Å². The van der Waals surface area contributed by atoms with E-state index in [0.29, 0.717) is 6.04 Å². The first-order chi connectivity index (χ1) is 10.3. The van der Waals surface area contributed by atoms with Gasteiger partial charge in [0.15, 0.2) is 6.61 Å². The molecule has 0 saturated carbocycles. The number of Topliss-reactive ketones (excluding diaryl/α,β-unsaturated/α-hetero) is 1. The van der Waals surface area contributed by atoms with Crippen molar-refractivity contribution in [3.05, 3.63) is 52.3 Å². The number of ketones is 1. The molecule has 3 heteroatoms. The molecule has 0 unspecified atom stereocenters. The summed E-state index contributed by atoms with van der Waals surface area (Å²) in [5.74, 6) is 0.812. The summed E-state index contributed by atoms with van der Waals surface area (Å²) < 4.78 is 7.93. The Labute approximate surface area is 132 Å². The maximum absolute atomic E-state index is 12.5. The second-order valence-corrected chi connectivity index (χ2v) is 6.16. The van der Waals surface area contributed by atoms with Crippen LogP contribution in [0, 0.1) is 27.7 Å². The molecule has 0 amide bonds. The minimum Gasteiger partial charge on any atom is -0.485 e. The molecule has 3 nitrogen and oxygen atoms in total. The third-order valence-electron chi connectivity index (χ3n) is 4.21. The van der Waals surface area contributed by atoms with E-state index < -0.39 is 0 Å². The first-order valence-electron chi connectivity index (χ1n) is 7.73. The lowest BCUT2D eigenvalue weighted by molar-refractivity contribution is 0.0920. The van der Waals surface area contributed by atoms with Crippen molar-refractivity contribution >= 4 is 5.78 Å². The van der Waals surface area contributed by atoms with E-state index in [0.717, 1.165) is 28.3 Å². The summed E-state index contributed by atoms with van der Waals surface area (Å²) in [5, 5.41) is 0. The van der Waals surface area contributed by atoms with Crippen molar-refractivity contribution in [2.75, 3.05) is 6.61 Å². The van der Waals surface area contributed by atoms with Crippen LogP contribution in [0.15, 0.2) is 24.3 Å². The van der Waals surface area contributed by atoms with Gasteiger partial charge in [0.1, 0.15) is 5.75 Å². The van der Waals surface area contributed by atoms with Crippen molar-refractivity contribution in [1.29, 1.82) is 0 Å². The normalized spacial score (nSPS) is 11.0. The van der Waals surface area contributed by atoms with Crippen LogP contribution in [-0.2, 0) is 0 Å². The topological polar surface area (TPSA) is 31.2 Å². The van der Waals surface area contributed by atoms with Crippen molar-refractivity contribution in [3.8, 4) is 5.75 Å². The first-order valence-corrected chi connectivity index (χ1v) is 7.73. The van der Waals surface area contributed by atoms with Gasteiger partial charge >= 0.3 is 0 Å². The van der Waals surface area contributed by atoms with Crippen LogP contribution in [0.1, 0.15) is 52.8 Å². The summed E-state index contributed by atoms with van der Waals surface area (Å²) in [6.07, 6.45) is 0. The van der Waals surface area contributed by atoms with Crippen LogP contribution in [0.4, 0.5) is 0 Å². The van der Waals surface area contributed by atoms with Gasteiger partial charge in [0.05, 0.1) is 0 Å². The molecular weight excluding hydrogens is 274 g/mol. The zero-order chi connectivity index (χ0) is 16.4. The lowest BCUT2D eigenvalue weighted by Gasteiger charge is -2.14. The van der Waals surface area contributed by atoms with Gasteiger partial charge in [-0.15, -0.1) is 0 Å². The van der Waals surface area contributed by atoms with E-state index in [1.807, 2.05) is 52.0 Å². The lowest BCUT2D eigenvalue weighted by atomic mass is 10.1. The highest BCUT2D eigenvalue weighted by Gasteiger charge is 2.17. The number of hydrogen-bond donors (Lipinski definition) is 0. The number of aromatic nitrogens is 1. The second-order valence-electron chi connectivity index (χ2n) is 6.16. The average Bonchev–Trinajstić information content (AvgIpc) is 2.75. The molecule has 118 valence electrons. The van der Waals surface area contributed by atoms with Gasteiger partial charge in [0.2, 0.25) is 5.78 Å². The Morgan fingerprint density at radius 2 is 1.86 bits per heavy atom. The minimum atomic E-state index is 0.0286. The van der Waals surface area contributed by atoms with Gasteiger partial charge in [-0.1, -0.05) is 12.1 Å². The van der Waals surface area contributed by atoms with Crippen LogP contribution < -0.4 is 4.74 Å². The van der Waals surface area contributed by atoms with Crippen molar-refractivity contribution in [3.63, 3.8) is 0 Å². The third kappa shape index (κ3) is 3.08. The van der Waals surface area contributed by atoms with Crippen molar-refractivity contribution in [2.24, 2.45) is 0 Å². The summed E-state index contributed by atoms with van der Waals surface area (Å²) in [6.45, 7) is 12.4. The number of carbonyl (C=O) groups is 1. The highest BCUT2D eigenvalue weighted by Crippen LogP contribution is 2.23. The molecular formula is C19H25NO2. The standard InChI is InChI=1S/C19H25NO2/c1-12(2)20-14(4)10-17(16(20)6)18(21)11-22-19-9-7-8-13(3)15(19)5/h7-10,12H,11H2,1-6H3. The van der Waals surface area contributed by atoms with Gasteiger partial charge in [-0.2, -0.15) is 0 Å². The highest BCUT2D eigenvalue weighted by molar-refractivity contribution is 5.98. The van der Waals surface area contributed by atoms with E-state index in [2.05, 4.69) is 18.4 Å². The molecule has 0 fully saturated rings. The van der Waals surface area contributed by atoms with Gasteiger partial charge in [-0.3, -0.25) is 4.79 Å². The zero-order valence-electron chi connectivity index (χ0n) is 14.4. The number of nitrogens with zero attached hydrogens (tertiary/aromatic N) is 1. The van der Waals surface area contributed by atoms with Crippen LogP contribution in [0.3, 0.4) is 0 Å². The quantitative estimate of drug-likeness (QED) is 0.758. The lowest BCUT2D eigenvalue weighted by Crippen LogP contribution is -2.14. The van der Waals surface area contributed by atoms with Gasteiger partial charge in [0, 0.05) is 23.0 Å². The fourth-order valence-corrected chi connectivity index (χ4v) is 2.96. The molecule has 22 heavy (non-hydrogen) atoms. The van der Waals surface area contributed by atoms with E-state index in [9.17, 15) is 4.79 Å². The SMILES string of the molecule is Cc1cccc(OCC(=O)c2cc(C)n(C(C)C)c2C)c1C. The molecule has 1 aromatic heterocycles. The molecule has 0 radical (unpaired) electrons. The van der Waals surface area contributed by atoms with E-state index in [1.165, 1.54) is 5.56 Å². The number of aryl methyl sites for hydroxylation is 2. The molecule has 1 aromatic carbocycles. The second kappa shape index (κ2) is 6.39. The molecule has 0 N–H and O–H groups in total. The maximum Gasteiger partial charge on any atom is 0.202 e. The Morgan fingerprint density at radius 1 is 1.18 bits per heavy atom. The van der Waals surface area contributed by atoms with Crippen LogP contribution in [0.5, 0.6) is 5.75 Å². The predicted octanol–water partition coefficient (Wildman–Crippen LogP) is 4.56. The molecule has 2 aromatic rings. The third-order valence-corrected chi connectivity index (χ3v) is 4.21. The number of rotatable bonds is 5. The maximum atomic E-state index is 12.5. The van der Waals surface area contributed by atoms with E-state index in [1.54, 1.807) is 0 Å². The molecule has 0 aliphatic heterocycles. The van der Waals surface area contributed by atoms with E-state index in [4.69, 9.17) is 4.74 Å². The minimum absolute atomic E-state index is 0.0286. The summed E-state index contributed by atoms with van der Waals surface area (Å²) in [6, 6.07) is 8.21. The van der Waals surface area contributed by atoms with Crippen molar-refractivity contribution < 1.29 is 9.53 Å². The summed E-state index contributed by atoms with van der Waals surface area (Å²) >= 11 is 0. The number of benzene rings is 1. The molecule has 0 bridgehead atoms. The van der Waals surface area contributed by atoms with Crippen LogP contribution in [0.2, 0.25) is 0 Å². The monoisotopic (exact) mass is 299 g/mol. The van der Waals surface area contributed by atoms with Gasteiger partial charge < -0.3 is 9.30 Å². The highest BCUT2D eigenvalue weighted by atomic mass is 16.5. The summed E-state index contributed by atoms with van der Waals surface area (Å²) in [7, 11) is 0. The Balaban J connectivity index is 2.17. The largest absolute Gasteiger partial charge is 0.485 e. The molecule has 0 atom stereocenters.